The molecule has 2 rings (SSSR count). The highest BCUT2D eigenvalue weighted by Crippen LogP contribution is 2.06. The fraction of sp³-hybridized carbons (Fsp3) is 0.562. The third-order valence-corrected chi connectivity index (χ3v) is 3.71. The van der Waals surface area contributed by atoms with Gasteiger partial charge in [0.15, 0.2) is 5.96 Å². The number of hydrogen-bond acceptors (Lipinski definition) is 2. The van der Waals surface area contributed by atoms with Crippen molar-refractivity contribution in [1.82, 2.24) is 15.5 Å². The van der Waals surface area contributed by atoms with Gasteiger partial charge in [0.25, 0.3) is 0 Å². The third-order valence-electron chi connectivity index (χ3n) is 3.71. The maximum absolute atomic E-state index is 13.1. The molecule has 0 saturated carbocycles. The van der Waals surface area contributed by atoms with E-state index >= 15 is 0 Å². The largest absolute Gasteiger partial charge is 0.356 e. The van der Waals surface area contributed by atoms with E-state index in [4.69, 9.17) is 0 Å². The second-order valence-electron chi connectivity index (χ2n) is 5.38. The summed E-state index contributed by atoms with van der Waals surface area (Å²) in [5, 5.41) is 6.50. The number of likely N-dealkylation sites (tertiary alicyclic amines) is 1. The van der Waals surface area contributed by atoms with E-state index in [1.807, 2.05) is 6.07 Å². The summed E-state index contributed by atoms with van der Waals surface area (Å²) < 4.78 is 13.1. The quantitative estimate of drug-likeness (QED) is 0.322. The SMILES string of the molecule is CN=C(NCCCN1CCCC1)NCc1cccc(F)c1.I. The minimum atomic E-state index is -0.206. The van der Waals surface area contributed by atoms with E-state index in [0.717, 1.165) is 31.0 Å². The standard InChI is InChI=1S/C16H25FN4.HI/c1-18-16(19-8-5-11-21-9-2-3-10-21)20-13-14-6-4-7-15(17)12-14;/h4,6-7,12H,2-3,5,8-11,13H2,1H3,(H2,18,19,20);1H. The van der Waals surface area contributed by atoms with Crippen molar-refractivity contribution in [1.29, 1.82) is 0 Å². The van der Waals surface area contributed by atoms with Crippen LogP contribution in [0.5, 0.6) is 0 Å². The van der Waals surface area contributed by atoms with Gasteiger partial charge in [-0.25, -0.2) is 4.39 Å². The van der Waals surface area contributed by atoms with Gasteiger partial charge < -0.3 is 15.5 Å². The summed E-state index contributed by atoms with van der Waals surface area (Å²) >= 11 is 0. The van der Waals surface area contributed by atoms with Gasteiger partial charge in [0.2, 0.25) is 0 Å². The van der Waals surface area contributed by atoms with E-state index in [0.29, 0.717) is 6.54 Å². The van der Waals surface area contributed by atoms with Crippen molar-refractivity contribution >= 4 is 29.9 Å². The molecule has 0 spiro atoms. The van der Waals surface area contributed by atoms with Gasteiger partial charge in [0.05, 0.1) is 0 Å². The van der Waals surface area contributed by atoms with Crippen molar-refractivity contribution in [2.24, 2.45) is 4.99 Å². The van der Waals surface area contributed by atoms with E-state index in [2.05, 4.69) is 20.5 Å². The normalized spacial score (nSPS) is 15.5. The van der Waals surface area contributed by atoms with Crippen LogP contribution in [0.3, 0.4) is 0 Å². The molecule has 0 aliphatic carbocycles. The number of aliphatic imine (C=N–C) groups is 1. The highest BCUT2D eigenvalue weighted by molar-refractivity contribution is 14.0. The zero-order valence-electron chi connectivity index (χ0n) is 13.1. The lowest BCUT2D eigenvalue weighted by atomic mass is 10.2. The Kier molecular flexibility index (Phi) is 9.38. The molecule has 0 radical (unpaired) electrons. The van der Waals surface area contributed by atoms with E-state index in [1.54, 1.807) is 13.1 Å². The molecule has 1 aromatic carbocycles. The Morgan fingerprint density at radius 3 is 2.73 bits per heavy atom. The predicted octanol–water partition coefficient (Wildman–Crippen LogP) is 2.59. The van der Waals surface area contributed by atoms with Crippen LogP contribution >= 0.6 is 24.0 Å². The van der Waals surface area contributed by atoms with Crippen LogP contribution < -0.4 is 10.6 Å². The molecular formula is C16H26FIN4. The fourth-order valence-corrected chi connectivity index (χ4v) is 2.57. The van der Waals surface area contributed by atoms with E-state index in [1.165, 1.54) is 38.1 Å². The summed E-state index contributed by atoms with van der Waals surface area (Å²) in [7, 11) is 1.75. The Labute approximate surface area is 149 Å². The summed E-state index contributed by atoms with van der Waals surface area (Å²) in [5.74, 6) is 0.559. The van der Waals surface area contributed by atoms with Gasteiger partial charge in [-0.3, -0.25) is 4.99 Å². The van der Waals surface area contributed by atoms with Crippen LogP contribution in [0.1, 0.15) is 24.8 Å². The van der Waals surface area contributed by atoms with Crippen molar-refractivity contribution in [2.75, 3.05) is 33.2 Å². The molecule has 1 aromatic rings. The molecule has 22 heavy (non-hydrogen) atoms. The van der Waals surface area contributed by atoms with Gasteiger partial charge >= 0.3 is 0 Å². The molecule has 1 aliphatic rings. The Morgan fingerprint density at radius 1 is 1.27 bits per heavy atom. The van der Waals surface area contributed by atoms with Gasteiger partial charge in [-0.05, 0) is 56.6 Å². The maximum Gasteiger partial charge on any atom is 0.191 e. The minimum Gasteiger partial charge on any atom is -0.356 e. The molecule has 4 nitrogen and oxygen atoms in total. The molecule has 6 heteroatoms. The van der Waals surface area contributed by atoms with Gasteiger partial charge in [0, 0.05) is 20.1 Å². The molecular weight excluding hydrogens is 394 g/mol. The number of guanidine groups is 1. The van der Waals surface area contributed by atoms with Crippen LogP contribution in [0, 0.1) is 5.82 Å². The molecule has 0 bridgehead atoms. The van der Waals surface area contributed by atoms with Crippen LogP contribution in [-0.2, 0) is 6.54 Å². The van der Waals surface area contributed by atoms with Gasteiger partial charge in [-0.1, -0.05) is 12.1 Å². The van der Waals surface area contributed by atoms with Gasteiger partial charge in [-0.15, -0.1) is 24.0 Å². The summed E-state index contributed by atoms with van der Waals surface area (Å²) in [6, 6.07) is 6.61. The topological polar surface area (TPSA) is 39.7 Å². The van der Waals surface area contributed by atoms with Crippen LogP contribution in [0.15, 0.2) is 29.3 Å². The van der Waals surface area contributed by atoms with Crippen molar-refractivity contribution in [3.63, 3.8) is 0 Å². The molecule has 124 valence electrons. The number of nitrogens with zero attached hydrogens (tertiary/aromatic N) is 2. The summed E-state index contributed by atoms with van der Waals surface area (Å²) in [6.07, 6.45) is 3.79. The average molecular weight is 420 g/mol. The molecule has 2 N–H and O–H groups in total. The maximum atomic E-state index is 13.1. The lowest BCUT2D eigenvalue weighted by Gasteiger charge is -2.16. The van der Waals surface area contributed by atoms with Crippen LogP contribution in [0.4, 0.5) is 4.39 Å². The number of halogens is 2. The van der Waals surface area contributed by atoms with Gasteiger partial charge in [-0.2, -0.15) is 0 Å². The zero-order chi connectivity index (χ0) is 14.9. The van der Waals surface area contributed by atoms with E-state index in [-0.39, 0.29) is 29.8 Å². The second kappa shape index (κ2) is 10.8. The van der Waals surface area contributed by atoms with Crippen LogP contribution in [0.25, 0.3) is 0 Å². The Hall–Kier alpha value is -0.890. The lowest BCUT2D eigenvalue weighted by molar-refractivity contribution is 0.334. The molecule has 1 fully saturated rings. The predicted molar refractivity (Wildman–Crippen MR) is 100 cm³/mol. The average Bonchev–Trinajstić information content (AvgIpc) is 3.00. The molecule has 1 heterocycles. The third kappa shape index (κ3) is 6.91. The first-order chi connectivity index (χ1) is 10.3. The van der Waals surface area contributed by atoms with Crippen molar-refractivity contribution < 1.29 is 4.39 Å². The smallest absolute Gasteiger partial charge is 0.191 e. The Bertz CT molecular complexity index is 461. The molecule has 0 atom stereocenters. The molecule has 1 saturated heterocycles. The highest BCUT2D eigenvalue weighted by Gasteiger charge is 2.10. The minimum absolute atomic E-state index is 0. The Balaban J connectivity index is 0.00000242. The van der Waals surface area contributed by atoms with E-state index < -0.39 is 0 Å². The Morgan fingerprint density at radius 2 is 2.05 bits per heavy atom. The summed E-state index contributed by atoms with van der Waals surface area (Å²) in [5.41, 5.74) is 0.912. The number of benzene rings is 1. The first-order valence-electron chi connectivity index (χ1n) is 7.69. The first kappa shape index (κ1) is 19.2. The number of nitrogens with one attached hydrogen (secondary N) is 2. The van der Waals surface area contributed by atoms with Crippen molar-refractivity contribution in [3.8, 4) is 0 Å². The monoisotopic (exact) mass is 420 g/mol. The number of hydrogen-bond donors (Lipinski definition) is 2. The van der Waals surface area contributed by atoms with Crippen molar-refractivity contribution in [3.05, 3.63) is 35.6 Å². The first-order valence-corrected chi connectivity index (χ1v) is 7.69. The van der Waals surface area contributed by atoms with Crippen LogP contribution in [0.2, 0.25) is 0 Å². The fourth-order valence-electron chi connectivity index (χ4n) is 2.57. The molecule has 1 aliphatic heterocycles. The van der Waals surface area contributed by atoms with Gasteiger partial charge in [0.1, 0.15) is 5.82 Å². The van der Waals surface area contributed by atoms with E-state index in [9.17, 15) is 4.39 Å². The second-order valence-corrected chi connectivity index (χ2v) is 5.38. The zero-order valence-corrected chi connectivity index (χ0v) is 15.5. The summed E-state index contributed by atoms with van der Waals surface area (Å²) in [4.78, 5) is 6.69. The molecule has 0 amide bonds. The van der Waals surface area contributed by atoms with Crippen molar-refractivity contribution in [2.45, 2.75) is 25.8 Å². The molecule has 0 aromatic heterocycles. The summed E-state index contributed by atoms with van der Waals surface area (Å²) in [6.45, 7) is 5.11. The number of rotatable bonds is 6. The lowest BCUT2D eigenvalue weighted by Crippen LogP contribution is -2.38. The molecule has 0 unspecified atom stereocenters. The van der Waals surface area contributed by atoms with Crippen LogP contribution in [-0.4, -0.2) is 44.1 Å². The highest BCUT2D eigenvalue weighted by atomic mass is 127.